The molecule has 1 aliphatic heterocycles. The van der Waals surface area contributed by atoms with Crippen LogP contribution in [0.4, 0.5) is 0 Å². The van der Waals surface area contributed by atoms with Gasteiger partial charge in [-0.2, -0.15) is 0 Å². The molecule has 80 valence electrons. The number of amides is 1. The second-order valence-corrected chi connectivity index (χ2v) is 5.02. The zero-order valence-electron chi connectivity index (χ0n) is 9.25. The van der Waals surface area contributed by atoms with Crippen LogP contribution in [-0.2, 0) is 9.59 Å². The molecule has 1 saturated heterocycles. The van der Waals surface area contributed by atoms with Crippen molar-refractivity contribution in [1.29, 1.82) is 0 Å². The third kappa shape index (κ3) is 2.56. The molecule has 14 heavy (non-hydrogen) atoms. The molecule has 0 spiro atoms. The van der Waals surface area contributed by atoms with Crippen LogP contribution in [0.3, 0.4) is 0 Å². The number of nitrogens with zero attached hydrogens (tertiary/aromatic N) is 1. The van der Waals surface area contributed by atoms with Gasteiger partial charge in [0.25, 0.3) is 0 Å². The molecule has 1 rings (SSSR count). The zero-order valence-corrected chi connectivity index (χ0v) is 9.25. The van der Waals surface area contributed by atoms with Crippen LogP contribution in [0.15, 0.2) is 0 Å². The van der Waals surface area contributed by atoms with Crippen LogP contribution in [0.5, 0.6) is 0 Å². The highest BCUT2D eigenvalue weighted by Crippen LogP contribution is 2.22. The summed E-state index contributed by atoms with van der Waals surface area (Å²) in [6, 6.07) is 0. The van der Waals surface area contributed by atoms with E-state index in [4.69, 9.17) is 0 Å². The summed E-state index contributed by atoms with van der Waals surface area (Å²) >= 11 is 0. The maximum atomic E-state index is 11.9. The number of hydrogen-bond donors (Lipinski definition) is 0. The van der Waals surface area contributed by atoms with Crippen molar-refractivity contribution in [3.05, 3.63) is 0 Å². The van der Waals surface area contributed by atoms with E-state index in [1.807, 2.05) is 25.7 Å². The fourth-order valence-electron chi connectivity index (χ4n) is 1.71. The first kappa shape index (κ1) is 11.2. The van der Waals surface area contributed by atoms with E-state index in [0.29, 0.717) is 0 Å². The van der Waals surface area contributed by atoms with Crippen LogP contribution < -0.4 is 0 Å². The summed E-state index contributed by atoms with van der Waals surface area (Å²) in [5, 5.41) is 0. The van der Waals surface area contributed by atoms with Gasteiger partial charge in [0.2, 0.25) is 5.91 Å². The van der Waals surface area contributed by atoms with Gasteiger partial charge in [0.1, 0.15) is 6.29 Å². The Kier molecular flexibility index (Phi) is 3.29. The lowest BCUT2D eigenvalue weighted by atomic mass is 9.91. The maximum Gasteiger partial charge on any atom is 0.227 e. The first-order chi connectivity index (χ1) is 6.45. The van der Waals surface area contributed by atoms with Gasteiger partial charge in [-0.1, -0.05) is 20.8 Å². The predicted octanol–water partition coefficient (Wildman–Crippen LogP) is 1.47. The topological polar surface area (TPSA) is 37.4 Å². The van der Waals surface area contributed by atoms with Crippen molar-refractivity contribution < 1.29 is 9.59 Å². The van der Waals surface area contributed by atoms with Crippen molar-refractivity contribution in [3.8, 4) is 0 Å². The van der Waals surface area contributed by atoms with Gasteiger partial charge in [0.15, 0.2) is 0 Å². The quantitative estimate of drug-likeness (QED) is 0.597. The number of carbonyl (C=O) groups excluding carboxylic acids is 2. The van der Waals surface area contributed by atoms with Crippen molar-refractivity contribution in [3.63, 3.8) is 0 Å². The number of aldehydes is 1. The van der Waals surface area contributed by atoms with Crippen LogP contribution in [0, 0.1) is 11.3 Å². The molecule has 0 aromatic rings. The lowest BCUT2D eigenvalue weighted by Crippen LogP contribution is -2.44. The molecule has 0 N–H and O–H groups in total. The molecular weight excluding hydrogens is 178 g/mol. The molecular formula is C11H19NO2. The minimum atomic E-state index is -0.298. The first-order valence-corrected chi connectivity index (χ1v) is 5.20. The van der Waals surface area contributed by atoms with E-state index in [-0.39, 0.29) is 17.2 Å². The number of carbonyl (C=O) groups is 2. The lowest BCUT2D eigenvalue weighted by molar-refractivity contribution is -0.141. The van der Waals surface area contributed by atoms with Crippen molar-refractivity contribution in [2.24, 2.45) is 11.3 Å². The molecule has 1 amide bonds. The molecule has 0 aliphatic carbocycles. The molecule has 1 heterocycles. The minimum Gasteiger partial charge on any atom is -0.342 e. The van der Waals surface area contributed by atoms with Crippen molar-refractivity contribution in [2.45, 2.75) is 33.6 Å². The summed E-state index contributed by atoms with van der Waals surface area (Å²) in [5.74, 6) is 0.362. The smallest absolute Gasteiger partial charge is 0.227 e. The molecule has 0 radical (unpaired) electrons. The molecule has 1 aliphatic rings. The summed E-state index contributed by atoms with van der Waals surface area (Å²) in [6.45, 7) is 7.27. The second kappa shape index (κ2) is 4.11. The van der Waals surface area contributed by atoms with Crippen LogP contribution >= 0.6 is 0 Å². The van der Waals surface area contributed by atoms with Crippen LogP contribution in [0.1, 0.15) is 33.6 Å². The van der Waals surface area contributed by atoms with Gasteiger partial charge in [-0.25, -0.2) is 0 Å². The first-order valence-electron chi connectivity index (χ1n) is 5.20. The van der Waals surface area contributed by atoms with E-state index in [1.54, 1.807) is 0 Å². The van der Waals surface area contributed by atoms with E-state index >= 15 is 0 Å². The fraction of sp³-hybridized carbons (Fsp3) is 0.818. The van der Waals surface area contributed by atoms with Crippen molar-refractivity contribution in [2.75, 3.05) is 13.1 Å². The predicted molar refractivity (Wildman–Crippen MR) is 54.8 cm³/mol. The summed E-state index contributed by atoms with van der Waals surface area (Å²) in [5.41, 5.74) is -0.298. The zero-order chi connectivity index (χ0) is 10.8. The molecule has 1 fully saturated rings. The van der Waals surface area contributed by atoms with E-state index in [0.717, 1.165) is 32.2 Å². The van der Waals surface area contributed by atoms with Crippen LogP contribution in [-0.4, -0.2) is 30.2 Å². The summed E-state index contributed by atoms with van der Waals surface area (Å²) in [4.78, 5) is 24.3. The Morgan fingerprint density at radius 2 is 1.79 bits per heavy atom. The number of likely N-dealkylation sites (tertiary alicyclic amines) is 1. The highest BCUT2D eigenvalue weighted by molar-refractivity contribution is 5.81. The molecule has 0 saturated carbocycles. The second-order valence-electron chi connectivity index (χ2n) is 5.02. The Morgan fingerprint density at radius 1 is 1.29 bits per heavy atom. The molecule has 3 nitrogen and oxygen atoms in total. The van der Waals surface area contributed by atoms with Crippen LogP contribution in [0.2, 0.25) is 0 Å². The van der Waals surface area contributed by atoms with Gasteiger partial charge >= 0.3 is 0 Å². The average Bonchev–Trinajstić information content (AvgIpc) is 2.15. The minimum absolute atomic E-state index is 0.166. The normalized spacial score (nSPS) is 19.5. The van der Waals surface area contributed by atoms with Gasteiger partial charge in [0, 0.05) is 24.4 Å². The van der Waals surface area contributed by atoms with Gasteiger partial charge in [0.05, 0.1) is 0 Å². The lowest BCUT2D eigenvalue weighted by Gasteiger charge is -2.34. The van der Waals surface area contributed by atoms with E-state index in [9.17, 15) is 9.59 Å². The fourth-order valence-corrected chi connectivity index (χ4v) is 1.71. The summed E-state index contributed by atoms with van der Waals surface area (Å²) in [6.07, 6.45) is 2.66. The molecule has 0 unspecified atom stereocenters. The molecule has 0 aromatic carbocycles. The Bertz CT molecular complexity index is 222. The molecule has 3 heteroatoms. The summed E-state index contributed by atoms with van der Waals surface area (Å²) < 4.78 is 0. The Hall–Kier alpha value is -0.860. The van der Waals surface area contributed by atoms with Crippen molar-refractivity contribution >= 4 is 12.2 Å². The highest BCUT2D eigenvalue weighted by atomic mass is 16.2. The highest BCUT2D eigenvalue weighted by Gasteiger charge is 2.29. The van der Waals surface area contributed by atoms with Gasteiger partial charge in [-0.3, -0.25) is 4.79 Å². The van der Waals surface area contributed by atoms with Gasteiger partial charge in [-0.15, -0.1) is 0 Å². The van der Waals surface area contributed by atoms with Gasteiger partial charge in [-0.05, 0) is 12.8 Å². The third-order valence-electron chi connectivity index (χ3n) is 2.66. The third-order valence-corrected chi connectivity index (χ3v) is 2.66. The number of piperidine rings is 1. The SMILES string of the molecule is CC(C)(C)C(=O)N1CCC(C=O)CC1. The molecule has 0 aromatic heterocycles. The van der Waals surface area contributed by atoms with E-state index in [1.165, 1.54) is 0 Å². The van der Waals surface area contributed by atoms with E-state index < -0.39 is 0 Å². The van der Waals surface area contributed by atoms with Crippen LogP contribution in [0.25, 0.3) is 0 Å². The monoisotopic (exact) mass is 197 g/mol. The Labute approximate surface area is 85.5 Å². The van der Waals surface area contributed by atoms with Gasteiger partial charge < -0.3 is 9.69 Å². The average molecular weight is 197 g/mol. The number of rotatable bonds is 1. The number of hydrogen-bond acceptors (Lipinski definition) is 2. The maximum absolute atomic E-state index is 11.9. The standard InChI is InChI=1S/C11H19NO2/c1-11(2,3)10(14)12-6-4-9(8-13)5-7-12/h8-9H,4-7H2,1-3H3. The van der Waals surface area contributed by atoms with Crippen molar-refractivity contribution in [1.82, 2.24) is 4.90 Å². The molecule has 0 atom stereocenters. The Morgan fingerprint density at radius 3 is 2.14 bits per heavy atom. The molecule has 0 bridgehead atoms. The Balaban J connectivity index is 2.50. The summed E-state index contributed by atoms with van der Waals surface area (Å²) in [7, 11) is 0. The largest absolute Gasteiger partial charge is 0.342 e. The van der Waals surface area contributed by atoms with E-state index in [2.05, 4.69) is 0 Å².